The maximum atomic E-state index is 13.0. The van der Waals surface area contributed by atoms with Gasteiger partial charge in [0.2, 0.25) is 0 Å². The van der Waals surface area contributed by atoms with Gasteiger partial charge in [-0.05, 0) is 57.6 Å². The van der Waals surface area contributed by atoms with Gasteiger partial charge >= 0.3 is 0 Å². The molecule has 3 heteroatoms. The first-order chi connectivity index (χ1) is 16.6. The largest absolute Gasteiger partial charge is 0.376 e. The number of aliphatic hydroxyl groups is 1. The Labute approximate surface area is 212 Å². The normalized spacial score (nSPS) is 16.2. The van der Waals surface area contributed by atoms with Crippen molar-refractivity contribution in [2.45, 2.75) is 5.60 Å². The van der Waals surface area contributed by atoms with E-state index in [2.05, 4.69) is 58.4 Å². The van der Waals surface area contributed by atoms with Crippen LogP contribution in [-0.2, 0) is 5.60 Å². The van der Waals surface area contributed by atoms with E-state index in [4.69, 9.17) is 11.6 Å². The average molecular weight is 524 g/mol. The predicted octanol–water partition coefficient (Wildman–Crippen LogP) is 8.70. The fourth-order valence-electron chi connectivity index (χ4n) is 5.15. The van der Waals surface area contributed by atoms with Crippen molar-refractivity contribution in [3.8, 4) is 33.4 Å². The fourth-order valence-corrected chi connectivity index (χ4v) is 5.64. The van der Waals surface area contributed by atoms with Crippen molar-refractivity contribution in [2.24, 2.45) is 0 Å². The Morgan fingerprint density at radius 2 is 1.03 bits per heavy atom. The fraction of sp³-hybridized carbons (Fsp3) is 0.0323. The van der Waals surface area contributed by atoms with Gasteiger partial charge in [0.05, 0.1) is 0 Å². The standard InChI is InChI=1S/C31H20BrClO/c32-21-15-18-27-25-9-2-1-8-24(25)26-10-4-6-12-29(26)31(34,30(27)19-21)28-11-5-3-7-23(28)20-13-16-22(33)17-14-20/h1-19,34H. The number of hydrogen-bond acceptors (Lipinski definition) is 1. The summed E-state index contributed by atoms with van der Waals surface area (Å²) in [7, 11) is 0. The molecule has 0 aromatic heterocycles. The lowest BCUT2D eigenvalue weighted by Gasteiger charge is -2.33. The Hall–Kier alpha value is -3.17. The van der Waals surface area contributed by atoms with Crippen LogP contribution in [0.25, 0.3) is 33.4 Å². The van der Waals surface area contributed by atoms with Crippen molar-refractivity contribution in [3.63, 3.8) is 0 Å². The van der Waals surface area contributed by atoms with E-state index in [1.54, 1.807) is 0 Å². The molecule has 0 saturated carbocycles. The van der Waals surface area contributed by atoms with Crippen molar-refractivity contribution >= 4 is 27.5 Å². The molecule has 0 bridgehead atoms. The summed E-state index contributed by atoms with van der Waals surface area (Å²) in [6.07, 6.45) is 0. The van der Waals surface area contributed by atoms with Crippen LogP contribution < -0.4 is 0 Å². The third-order valence-corrected chi connectivity index (χ3v) is 7.41. The molecule has 34 heavy (non-hydrogen) atoms. The minimum absolute atomic E-state index is 0.685. The van der Waals surface area contributed by atoms with Crippen LogP contribution in [-0.4, -0.2) is 5.11 Å². The van der Waals surface area contributed by atoms with E-state index in [0.29, 0.717) is 5.02 Å². The van der Waals surface area contributed by atoms with Gasteiger partial charge in [0, 0.05) is 26.2 Å². The molecule has 6 rings (SSSR count). The lowest BCUT2D eigenvalue weighted by molar-refractivity contribution is 0.127. The van der Waals surface area contributed by atoms with Gasteiger partial charge in [-0.1, -0.05) is 119 Å². The van der Waals surface area contributed by atoms with Gasteiger partial charge in [-0.15, -0.1) is 0 Å². The van der Waals surface area contributed by atoms with Gasteiger partial charge < -0.3 is 5.11 Å². The van der Waals surface area contributed by atoms with Gasteiger partial charge in [-0.2, -0.15) is 0 Å². The van der Waals surface area contributed by atoms with E-state index in [1.807, 2.05) is 72.8 Å². The van der Waals surface area contributed by atoms with Crippen LogP contribution in [0.3, 0.4) is 0 Å². The summed E-state index contributed by atoms with van der Waals surface area (Å²) in [5.74, 6) is 0. The topological polar surface area (TPSA) is 20.2 Å². The molecule has 1 unspecified atom stereocenters. The summed E-state index contributed by atoms with van der Waals surface area (Å²) < 4.78 is 0.922. The molecule has 0 aliphatic heterocycles. The molecule has 0 amide bonds. The number of hydrogen-bond donors (Lipinski definition) is 1. The summed E-state index contributed by atoms with van der Waals surface area (Å²) in [6.45, 7) is 0. The minimum atomic E-state index is -1.38. The lowest BCUT2D eigenvalue weighted by Crippen LogP contribution is -2.30. The average Bonchev–Trinajstić information content (AvgIpc) is 2.97. The molecule has 1 N–H and O–H groups in total. The molecule has 0 spiro atoms. The van der Waals surface area contributed by atoms with Gasteiger partial charge in [0.1, 0.15) is 5.60 Å². The van der Waals surface area contributed by atoms with Crippen LogP contribution in [0.5, 0.6) is 0 Å². The quantitative estimate of drug-likeness (QED) is 0.245. The zero-order chi connectivity index (χ0) is 23.3. The second kappa shape index (κ2) is 8.25. The molecule has 1 aliphatic carbocycles. The van der Waals surface area contributed by atoms with Crippen molar-refractivity contribution < 1.29 is 5.11 Å². The van der Waals surface area contributed by atoms with E-state index in [0.717, 1.165) is 54.5 Å². The van der Waals surface area contributed by atoms with Crippen molar-refractivity contribution in [1.29, 1.82) is 0 Å². The number of benzene rings is 5. The lowest BCUT2D eigenvalue weighted by atomic mass is 9.75. The Bertz CT molecular complexity index is 1540. The zero-order valence-electron chi connectivity index (χ0n) is 18.2. The van der Waals surface area contributed by atoms with E-state index in [1.165, 1.54) is 0 Å². The smallest absolute Gasteiger partial charge is 0.142 e. The Morgan fingerprint density at radius 1 is 0.529 bits per heavy atom. The van der Waals surface area contributed by atoms with Gasteiger partial charge in [-0.25, -0.2) is 0 Å². The first-order valence-electron chi connectivity index (χ1n) is 11.1. The van der Waals surface area contributed by atoms with E-state index >= 15 is 0 Å². The van der Waals surface area contributed by atoms with Crippen molar-refractivity contribution in [3.05, 3.63) is 141 Å². The maximum absolute atomic E-state index is 13.0. The highest BCUT2D eigenvalue weighted by atomic mass is 79.9. The van der Waals surface area contributed by atoms with Crippen LogP contribution in [0.1, 0.15) is 16.7 Å². The summed E-state index contributed by atoms with van der Waals surface area (Å²) in [5, 5.41) is 13.7. The molecule has 5 aromatic carbocycles. The molecular formula is C31H20BrClO. The highest BCUT2D eigenvalue weighted by molar-refractivity contribution is 9.10. The summed E-state index contributed by atoms with van der Waals surface area (Å²) in [5.41, 5.74) is 7.39. The van der Waals surface area contributed by atoms with Crippen LogP contribution >= 0.6 is 27.5 Å². The molecular weight excluding hydrogens is 504 g/mol. The summed E-state index contributed by atoms with van der Waals surface area (Å²) in [4.78, 5) is 0. The number of rotatable bonds is 2. The van der Waals surface area contributed by atoms with Gasteiger partial charge in [0.25, 0.3) is 0 Å². The van der Waals surface area contributed by atoms with Crippen molar-refractivity contribution in [1.82, 2.24) is 0 Å². The molecule has 1 atom stereocenters. The second-order valence-electron chi connectivity index (χ2n) is 8.54. The monoisotopic (exact) mass is 522 g/mol. The van der Waals surface area contributed by atoms with Crippen LogP contribution in [0.15, 0.2) is 120 Å². The van der Waals surface area contributed by atoms with E-state index in [-0.39, 0.29) is 0 Å². The number of fused-ring (bicyclic) bond motifs is 5. The Kier molecular flexibility index (Phi) is 5.18. The SMILES string of the molecule is OC1(c2ccccc2-c2ccc(Cl)cc2)c2ccccc2-c2ccccc2-c2ccc(Br)cc21. The molecule has 5 aromatic rings. The summed E-state index contributed by atoms with van der Waals surface area (Å²) in [6, 6.07) is 38.6. The summed E-state index contributed by atoms with van der Waals surface area (Å²) >= 11 is 9.85. The maximum Gasteiger partial charge on any atom is 0.142 e. The Morgan fingerprint density at radius 3 is 1.68 bits per heavy atom. The molecule has 0 radical (unpaired) electrons. The zero-order valence-corrected chi connectivity index (χ0v) is 20.5. The first-order valence-corrected chi connectivity index (χ1v) is 12.3. The van der Waals surface area contributed by atoms with Crippen molar-refractivity contribution in [2.75, 3.05) is 0 Å². The third kappa shape index (κ3) is 3.25. The predicted molar refractivity (Wildman–Crippen MR) is 144 cm³/mol. The van der Waals surface area contributed by atoms with Gasteiger partial charge in [-0.3, -0.25) is 0 Å². The van der Waals surface area contributed by atoms with Crippen LogP contribution in [0.4, 0.5) is 0 Å². The van der Waals surface area contributed by atoms with Crippen LogP contribution in [0.2, 0.25) is 5.02 Å². The first kappa shape index (κ1) is 21.4. The highest BCUT2D eigenvalue weighted by Crippen LogP contribution is 2.52. The number of halogens is 2. The van der Waals surface area contributed by atoms with Gasteiger partial charge in [0.15, 0.2) is 0 Å². The highest BCUT2D eigenvalue weighted by Gasteiger charge is 2.42. The molecule has 1 nitrogen and oxygen atoms in total. The minimum Gasteiger partial charge on any atom is -0.376 e. The van der Waals surface area contributed by atoms with Crippen LogP contribution in [0, 0.1) is 0 Å². The second-order valence-corrected chi connectivity index (χ2v) is 9.90. The molecule has 0 saturated heterocycles. The Balaban J connectivity index is 1.76. The van der Waals surface area contributed by atoms with E-state index in [9.17, 15) is 5.11 Å². The molecule has 1 aliphatic rings. The molecule has 0 fully saturated rings. The molecule has 0 heterocycles. The third-order valence-electron chi connectivity index (χ3n) is 6.67. The molecule has 164 valence electrons. The van der Waals surface area contributed by atoms with E-state index < -0.39 is 5.60 Å².